The maximum absolute atomic E-state index is 6.15. The van der Waals surface area contributed by atoms with Gasteiger partial charge in [-0.3, -0.25) is 4.99 Å². The van der Waals surface area contributed by atoms with Crippen LogP contribution in [-0.4, -0.2) is 46.0 Å². The monoisotopic (exact) mass is 553 g/mol. The molecule has 0 spiro atoms. The number of aliphatic imine (C=N–C) groups is 1. The maximum Gasteiger partial charge on any atom is 0.191 e. The Morgan fingerprint density at radius 1 is 1.09 bits per heavy atom. The molecule has 1 saturated heterocycles. The van der Waals surface area contributed by atoms with Gasteiger partial charge in [-0.15, -0.1) is 24.0 Å². The molecule has 2 aromatic carbocycles. The average molecular weight is 553 g/mol. The summed E-state index contributed by atoms with van der Waals surface area (Å²) in [6, 6.07) is 14.5. The molecule has 1 fully saturated rings. The first-order valence-electron chi connectivity index (χ1n) is 11.1. The minimum absolute atomic E-state index is 0. The van der Waals surface area contributed by atoms with E-state index in [1.807, 2.05) is 25.1 Å². The Hall–Kier alpha value is -2.00. The molecule has 2 N–H and O–H groups in total. The van der Waals surface area contributed by atoms with Gasteiger partial charge in [0.1, 0.15) is 11.5 Å². The molecule has 0 amide bonds. The molecule has 176 valence electrons. The van der Waals surface area contributed by atoms with Crippen LogP contribution in [0.3, 0.4) is 0 Å². The Morgan fingerprint density at radius 3 is 2.69 bits per heavy atom. The third-order valence-electron chi connectivity index (χ3n) is 5.35. The number of ether oxygens (including phenoxy) is 3. The first-order valence-corrected chi connectivity index (χ1v) is 11.1. The summed E-state index contributed by atoms with van der Waals surface area (Å²) in [5.74, 6) is 3.13. The van der Waals surface area contributed by atoms with Gasteiger partial charge < -0.3 is 24.8 Å². The Balaban J connectivity index is 0.00000363. The van der Waals surface area contributed by atoms with Crippen molar-refractivity contribution in [2.45, 2.75) is 33.2 Å². The van der Waals surface area contributed by atoms with E-state index in [2.05, 4.69) is 46.8 Å². The van der Waals surface area contributed by atoms with E-state index in [1.165, 1.54) is 11.1 Å². The van der Waals surface area contributed by atoms with Crippen LogP contribution >= 0.6 is 24.0 Å². The Labute approximate surface area is 209 Å². The summed E-state index contributed by atoms with van der Waals surface area (Å²) in [6.45, 7) is 8.50. The lowest BCUT2D eigenvalue weighted by Gasteiger charge is -2.17. The second-order valence-corrected chi connectivity index (χ2v) is 7.80. The van der Waals surface area contributed by atoms with Gasteiger partial charge in [0.05, 0.1) is 19.8 Å². The highest BCUT2D eigenvalue weighted by atomic mass is 127. The van der Waals surface area contributed by atoms with Crippen LogP contribution in [0.1, 0.15) is 30.0 Å². The molecule has 2 aromatic rings. The number of hydrogen-bond acceptors (Lipinski definition) is 4. The first-order chi connectivity index (χ1) is 15.2. The number of nitrogens with one attached hydrogen (secondary N) is 2. The number of aryl methyl sites for hydroxylation is 1. The Bertz CT molecular complexity index is 854. The zero-order valence-corrected chi connectivity index (χ0v) is 21.7. The molecular formula is C25H36IN3O3. The number of para-hydroxylation sites is 1. The van der Waals surface area contributed by atoms with Crippen molar-refractivity contribution >= 4 is 29.9 Å². The van der Waals surface area contributed by atoms with Gasteiger partial charge in [0.2, 0.25) is 0 Å². The lowest BCUT2D eigenvalue weighted by Crippen LogP contribution is -2.38. The van der Waals surface area contributed by atoms with Gasteiger partial charge in [0.15, 0.2) is 5.96 Å². The summed E-state index contributed by atoms with van der Waals surface area (Å²) in [5, 5.41) is 6.79. The molecule has 1 aliphatic heterocycles. The standard InChI is InChI=1S/C25H35N3O3.HI/c1-4-30-23-8-6-5-7-21(23)11-13-27-25(26-3)28-16-22-10-9-19(2)15-24(22)31-18-20-12-14-29-17-20;/h5-10,15,20H,4,11-14,16-18H2,1-3H3,(H2,26,27,28);1H. The van der Waals surface area contributed by atoms with E-state index in [1.54, 1.807) is 7.05 Å². The highest BCUT2D eigenvalue weighted by Gasteiger charge is 2.17. The van der Waals surface area contributed by atoms with Crippen molar-refractivity contribution in [3.63, 3.8) is 0 Å². The van der Waals surface area contributed by atoms with Crippen LogP contribution in [0.4, 0.5) is 0 Å². The highest BCUT2D eigenvalue weighted by molar-refractivity contribution is 14.0. The van der Waals surface area contributed by atoms with Crippen LogP contribution in [0.25, 0.3) is 0 Å². The summed E-state index contributed by atoms with van der Waals surface area (Å²) in [4.78, 5) is 4.36. The third-order valence-corrected chi connectivity index (χ3v) is 5.35. The Kier molecular flexibility index (Phi) is 11.7. The summed E-state index contributed by atoms with van der Waals surface area (Å²) < 4.78 is 17.3. The second kappa shape index (κ2) is 14.2. The molecule has 0 aliphatic carbocycles. The summed E-state index contributed by atoms with van der Waals surface area (Å²) in [6.07, 6.45) is 1.93. The zero-order chi connectivity index (χ0) is 21.9. The summed E-state index contributed by atoms with van der Waals surface area (Å²) in [7, 11) is 1.79. The number of benzene rings is 2. The van der Waals surface area contributed by atoms with Crippen molar-refractivity contribution in [1.82, 2.24) is 10.6 Å². The van der Waals surface area contributed by atoms with Gasteiger partial charge in [-0.2, -0.15) is 0 Å². The lowest BCUT2D eigenvalue weighted by molar-refractivity contribution is 0.166. The molecule has 0 radical (unpaired) electrons. The van der Waals surface area contributed by atoms with Crippen molar-refractivity contribution in [3.05, 3.63) is 59.2 Å². The summed E-state index contributed by atoms with van der Waals surface area (Å²) in [5.41, 5.74) is 3.50. The predicted octanol–water partition coefficient (Wildman–Crippen LogP) is 4.33. The molecule has 1 heterocycles. The molecule has 32 heavy (non-hydrogen) atoms. The largest absolute Gasteiger partial charge is 0.494 e. The van der Waals surface area contributed by atoms with Gasteiger partial charge in [-0.05, 0) is 49.9 Å². The van der Waals surface area contributed by atoms with Crippen LogP contribution in [0.5, 0.6) is 11.5 Å². The van der Waals surface area contributed by atoms with Crippen molar-refractivity contribution in [3.8, 4) is 11.5 Å². The molecule has 1 atom stereocenters. The fraction of sp³-hybridized carbons (Fsp3) is 0.480. The molecule has 6 nitrogen and oxygen atoms in total. The van der Waals surface area contributed by atoms with Crippen molar-refractivity contribution in [2.75, 3.05) is 40.0 Å². The van der Waals surface area contributed by atoms with Crippen molar-refractivity contribution in [1.29, 1.82) is 0 Å². The number of guanidine groups is 1. The molecule has 1 aliphatic rings. The highest BCUT2D eigenvalue weighted by Crippen LogP contribution is 2.23. The molecule has 1 unspecified atom stereocenters. The van der Waals surface area contributed by atoms with E-state index in [0.717, 1.165) is 55.6 Å². The SMILES string of the molecule is CCOc1ccccc1CCNC(=NC)NCc1ccc(C)cc1OCC1CCOC1.I. The molecule has 0 bridgehead atoms. The van der Waals surface area contributed by atoms with Crippen molar-refractivity contribution < 1.29 is 14.2 Å². The topological polar surface area (TPSA) is 64.1 Å². The quantitative estimate of drug-likeness (QED) is 0.261. The van der Waals surface area contributed by atoms with Gasteiger partial charge in [0, 0.05) is 38.2 Å². The van der Waals surface area contributed by atoms with Crippen LogP contribution in [0.2, 0.25) is 0 Å². The van der Waals surface area contributed by atoms with E-state index in [0.29, 0.717) is 25.7 Å². The van der Waals surface area contributed by atoms with E-state index < -0.39 is 0 Å². The van der Waals surface area contributed by atoms with E-state index >= 15 is 0 Å². The van der Waals surface area contributed by atoms with E-state index in [9.17, 15) is 0 Å². The average Bonchev–Trinajstić information content (AvgIpc) is 3.30. The normalized spacial score (nSPS) is 15.7. The van der Waals surface area contributed by atoms with Gasteiger partial charge in [-0.1, -0.05) is 30.3 Å². The van der Waals surface area contributed by atoms with Crippen LogP contribution in [0, 0.1) is 12.8 Å². The van der Waals surface area contributed by atoms with Gasteiger partial charge in [0.25, 0.3) is 0 Å². The smallest absolute Gasteiger partial charge is 0.191 e. The third kappa shape index (κ3) is 8.16. The fourth-order valence-corrected chi connectivity index (χ4v) is 3.59. The maximum atomic E-state index is 6.15. The second-order valence-electron chi connectivity index (χ2n) is 7.80. The number of halogens is 1. The minimum atomic E-state index is 0. The van der Waals surface area contributed by atoms with Crippen LogP contribution in [0.15, 0.2) is 47.5 Å². The zero-order valence-electron chi connectivity index (χ0n) is 19.4. The number of rotatable bonds is 10. The molecule has 0 saturated carbocycles. The predicted molar refractivity (Wildman–Crippen MR) is 141 cm³/mol. The molecule has 0 aromatic heterocycles. The van der Waals surface area contributed by atoms with Gasteiger partial charge >= 0.3 is 0 Å². The molecular weight excluding hydrogens is 517 g/mol. The fourth-order valence-electron chi connectivity index (χ4n) is 3.59. The van der Waals surface area contributed by atoms with Crippen LogP contribution in [-0.2, 0) is 17.7 Å². The molecule has 3 rings (SSSR count). The van der Waals surface area contributed by atoms with E-state index in [-0.39, 0.29) is 24.0 Å². The van der Waals surface area contributed by atoms with Crippen LogP contribution < -0.4 is 20.1 Å². The van der Waals surface area contributed by atoms with Gasteiger partial charge in [-0.25, -0.2) is 0 Å². The first kappa shape index (κ1) is 26.3. The van der Waals surface area contributed by atoms with E-state index in [4.69, 9.17) is 14.2 Å². The Morgan fingerprint density at radius 2 is 1.94 bits per heavy atom. The summed E-state index contributed by atoms with van der Waals surface area (Å²) >= 11 is 0. The lowest BCUT2D eigenvalue weighted by atomic mass is 10.1. The van der Waals surface area contributed by atoms with Crippen molar-refractivity contribution in [2.24, 2.45) is 10.9 Å². The minimum Gasteiger partial charge on any atom is -0.494 e. The number of nitrogens with zero attached hydrogens (tertiary/aromatic N) is 1. The number of hydrogen-bond donors (Lipinski definition) is 2. The molecule has 7 heteroatoms.